The maximum absolute atomic E-state index is 14.2. The third-order valence-electron chi connectivity index (χ3n) is 9.86. The molecule has 6 atom stereocenters. The van der Waals surface area contributed by atoms with Gasteiger partial charge in [-0.05, 0) is 55.3 Å². The van der Waals surface area contributed by atoms with Crippen molar-refractivity contribution >= 4 is 34.9 Å². The summed E-state index contributed by atoms with van der Waals surface area (Å²) in [5.74, 6) is -6.26. The second kappa shape index (κ2) is 15.4. The predicted molar refractivity (Wildman–Crippen MR) is 163 cm³/mol. The number of nitrogens with zero attached hydrogens (tertiary/aromatic N) is 3. The van der Waals surface area contributed by atoms with Crippen LogP contribution in [0.25, 0.3) is 0 Å². The number of aromatic nitrogens is 2. The molecule has 252 valence electrons. The van der Waals surface area contributed by atoms with Crippen LogP contribution in [0, 0.1) is 41.4 Å². The lowest BCUT2D eigenvalue weighted by Crippen LogP contribution is -2.56. The molecule has 1 aromatic rings. The van der Waals surface area contributed by atoms with Crippen molar-refractivity contribution in [3.63, 3.8) is 0 Å². The largest absolute Gasteiger partial charge is 0.344 e. The highest BCUT2D eigenvalue weighted by Crippen LogP contribution is 2.44. The molecule has 3 fully saturated rings. The average molecular weight is 645 g/mol. The van der Waals surface area contributed by atoms with Crippen LogP contribution >= 0.6 is 0 Å². The maximum Gasteiger partial charge on any atom is 0.246 e. The number of hydrogen-bond donors (Lipinski definition) is 1. The Morgan fingerprint density at radius 2 is 1.67 bits per heavy atom. The lowest BCUT2D eigenvalue weighted by Gasteiger charge is -2.33. The summed E-state index contributed by atoms with van der Waals surface area (Å²) in [6, 6.07) is -1.93. The molecule has 1 aliphatic heterocycles. The van der Waals surface area contributed by atoms with Crippen LogP contribution in [-0.2, 0) is 24.0 Å². The van der Waals surface area contributed by atoms with Crippen molar-refractivity contribution < 1.29 is 37.5 Å². The van der Waals surface area contributed by atoms with Crippen molar-refractivity contribution in [1.29, 1.82) is 0 Å². The van der Waals surface area contributed by atoms with Gasteiger partial charge in [-0.15, -0.1) is 0 Å². The van der Waals surface area contributed by atoms with E-state index in [0.717, 1.165) is 25.7 Å². The van der Waals surface area contributed by atoms with Crippen molar-refractivity contribution in [3.8, 4) is 0 Å². The number of halogens is 2. The van der Waals surface area contributed by atoms with Gasteiger partial charge in [0.2, 0.25) is 24.0 Å². The Morgan fingerprint density at radius 3 is 2.26 bits per heavy atom. The minimum atomic E-state index is -2.87. The molecule has 2 amide bonds. The number of ketones is 4. The summed E-state index contributed by atoms with van der Waals surface area (Å²) in [6.45, 7) is 7.45. The maximum atomic E-state index is 14.2. The summed E-state index contributed by atoms with van der Waals surface area (Å²) >= 11 is 0. The minimum absolute atomic E-state index is 0.0169. The summed E-state index contributed by atoms with van der Waals surface area (Å²) in [7, 11) is 0. The number of carbonyl (C=O) groups is 6. The van der Waals surface area contributed by atoms with Crippen LogP contribution in [0.3, 0.4) is 0 Å². The fourth-order valence-electron chi connectivity index (χ4n) is 7.05. The fraction of sp³-hybridized carbons (Fsp3) is 0.706. The Hall–Kier alpha value is -3.44. The molecule has 3 aliphatic rings. The average Bonchev–Trinajstić information content (AvgIpc) is 3.57. The van der Waals surface area contributed by atoms with Crippen LogP contribution in [0.5, 0.6) is 0 Å². The van der Waals surface area contributed by atoms with E-state index in [1.165, 1.54) is 23.5 Å². The topological polar surface area (TPSA) is 143 Å². The highest BCUT2D eigenvalue weighted by molar-refractivity contribution is 6.38. The number of hydrogen-bond acceptors (Lipinski definition) is 8. The zero-order valence-corrected chi connectivity index (χ0v) is 27.1. The third kappa shape index (κ3) is 8.67. The molecular weight excluding hydrogens is 598 g/mol. The molecule has 0 aromatic carbocycles. The number of fused-ring (bicyclic) bond motifs is 1. The van der Waals surface area contributed by atoms with Crippen molar-refractivity contribution in [2.45, 2.75) is 104 Å². The number of rotatable bonds is 17. The van der Waals surface area contributed by atoms with Gasteiger partial charge in [0.1, 0.15) is 11.7 Å². The summed E-state index contributed by atoms with van der Waals surface area (Å²) in [6.07, 6.45) is 3.76. The first-order valence-corrected chi connectivity index (χ1v) is 16.6. The molecule has 2 heterocycles. The van der Waals surface area contributed by atoms with E-state index in [4.69, 9.17) is 0 Å². The Labute approximate surface area is 268 Å². The zero-order chi connectivity index (χ0) is 33.7. The van der Waals surface area contributed by atoms with E-state index in [1.807, 2.05) is 13.8 Å². The van der Waals surface area contributed by atoms with Crippen LogP contribution in [0.4, 0.5) is 8.78 Å². The van der Waals surface area contributed by atoms with Crippen LogP contribution < -0.4 is 5.32 Å². The molecule has 0 radical (unpaired) electrons. The molecule has 12 heteroatoms. The highest BCUT2D eigenvalue weighted by atomic mass is 19.3. The molecule has 1 saturated heterocycles. The summed E-state index contributed by atoms with van der Waals surface area (Å²) < 4.78 is 27.1. The first kappa shape index (κ1) is 35.4. The highest BCUT2D eigenvalue weighted by Gasteiger charge is 2.51. The van der Waals surface area contributed by atoms with E-state index >= 15 is 0 Å². The summed E-state index contributed by atoms with van der Waals surface area (Å²) in [5, 5.41) is 2.85. The van der Waals surface area contributed by atoms with Gasteiger partial charge in [-0.25, -0.2) is 13.8 Å². The number of nitrogens with one attached hydrogen (secondary N) is 1. The molecule has 2 aliphatic carbocycles. The van der Waals surface area contributed by atoms with E-state index in [9.17, 15) is 37.5 Å². The molecule has 1 N–H and O–H groups in total. The molecule has 2 saturated carbocycles. The minimum Gasteiger partial charge on any atom is -0.344 e. The number of Topliss-reactive ketones (excluding diaryl/α,β-unsaturated/α-hetero) is 4. The van der Waals surface area contributed by atoms with E-state index in [-0.39, 0.29) is 60.5 Å². The van der Waals surface area contributed by atoms with Gasteiger partial charge in [0.05, 0.1) is 12.2 Å². The molecule has 2 unspecified atom stereocenters. The van der Waals surface area contributed by atoms with E-state index in [1.54, 1.807) is 13.8 Å². The van der Waals surface area contributed by atoms with Gasteiger partial charge in [0.15, 0.2) is 17.3 Å². The molecule has 46 heavy (non-hydrogen) atoms. The quantitative estimate of drug-likeness (QED) is 0.196. The second-order valence-corrected chi connectivity index (χ2v) is 14.0. The molecule has 0 spiro atoms. The van der Waals surface area contributed by atoms with E-state index in [0.29, 0.717) is 6.42 Å². The Bertz CT molecular complexity index is 1300. The van der Waals surface area contributed by atoms with Crippen LogP contribution in [0.15, 0.2) is 18.6 Å². The van der Waals surface area contributed by atoms with Crippen molar-refractivity contribution in [2.24, 2.45) is 41.4 Å². The van der Waals surface area contributed by atoms with Crippen LogP contribution in [0.2, 0.25) is 0 Å². The van der Waals surface area contributed by atoms with Crippen molar-refractivity contribution in [2.75, 3.05) is 6.54 Å². The molecule has 1 aromatic heterocycles. The second-order valence-electron chi connectivity index (χ2n) is 14.0. The Morgan fingerprint density at radius 1 is 0.957 bits per heavy atom. The monoisotopic (exact) mass is 644 g/mol. The van der Waals surface area contributed by atoms with Gasteiger partial charge in [0, 0.05) is 56.5 Å². The standard InChI is InChI=1S/C34H46F2N4O6/c1-18(2)24(15-26(41)25-16-37-10-11-38-25)33(45)39-30(19(3)4)34(46)40-17-21-6-5-7-23(21)31(40)27(42)13-22(14-29(35)36)32(44)28(43)12-20-8-9-20/h10-11,16,18-24,29-31H,5-9,12-15,17H2,1-4H3,(H,39,45)/t21?,22?,23-,24+,30-,31-/m0/s1. The van der Waals surface area contributed by atoms with Gasteiger partial charge in [-0.3, -0.25) is 33.8 Å². The van der Waals surface area contributed by atoms with Gasteiger partial charge in [-0.1, -0.05) is 34.1 Å². The summed E-state index contributed by atoms with van der Waals surface area (Å²) in [5.41, 5.74) is 0.139. The van der Waals surface area contributed by atoms with Gasteiger partial charge >= 0.3 is 0 Å². The number of amides is 2. The normalized spacial score (nSPS) is 22.9. The van der Waals surface area contributed by atoms with Gasteiger partial charge in [0.25, 0.3) is 0 Å². The Kier molecular flexibility index (Phi) is 11.9. The Balaban J connectivity index is 1.51. The first-order chi connectivity index (χ1) is 21.8. The SMILES string of the molecule is CC(C)[C@H](NC(=O)[C@H](CC(=O)c1cnccn1)C(C)C)C(=O)N1CC2CCC[C@@H]2[C@H]1C(=O)CC(CC(F)F)C(=O)C(=O)CC1CC1. The van der Waals surface area contributed by atoms with Crippen LogP contribution in [-0.4, -0.2) is 74.9 Å². The zero-order valence-electron chi connectivity index (χ0n) is 27.1. The molecule has 4 rings (SSSR count). The summed E-state index contributed by atoms with van der Waals surface area (Å²) in [4.78, 5) is 89.4. The van der Waals surface area contributed by atoms with E-state index < -0.39 is 72.4 Å². The van der Waals surface area contributed by atoms with E-state index in [2.05, 4.69) is 15.3 Å². The number of likely N-dealkylation sites (tertiary alicyclic amines) is 1. The lowest BCUT2D eigenvalue weighted by atomic mass is 9.84. The number of alkyl halides is 2. The predicted octanol–water partition coefficient (Wildman–Crippen LogP) is 4.26. The number of carbonyl (C=O) groups excluding carboxylic acids is 6. The molecular formula is C34H46F2N4O6. The first-order valence-electron chi connectivity index (χ1n) is 16.6. The van der Waals surface area contributed by atoms with Crippen molar-refractivity contribution in [3.05, 3.63) is 24.3 Å². The van der Waals surface area contributed by atoms with Gasteiger partial charge in [-0.2, -0.15) is 0 Å². The van der Waals surface area contributed by atoms with Gasteiger partial charge < -0.3 is 10.2 Å². The fourth-order valence-corrected chi connectivity index (χ4v) is 7.05. The molecule has 10 nitrogen and oxygen atoms in total. The lowest BCUT2D eigenvalue weighted by molar-refractivity contribution is -0.145. The third-order valence-corrected chi connectivity index (χ3v) is 9.86. The smallest absolute Gasteiger partial charge is 0.246 e. The van der Waals surface area contributed by atoms with Crippen LogP contribution in [0.1, 0.15) is 96.0 Å². The molecule has 0 bridgehead atoms. The van der Waals surface area contributed by atoms with Crippen molar-refractivity contribution in [1.82, 2.24) is 20.2 Å².